The molecule has 0 aliphatic heterocycles. The van der Waals surface area contributed by atoms with Crippen LogP contribution in [0.25, 0.3) is 5.57 Å². The molecule has 1 aliphatic rings. The number of amides is 1. The Morgan fingerprint density at radius 3 is 2.55 bits per heavy atom. The first-order valence-electron chi connectivity index (χ1n) is 9.84. The Morgan fingerprint density at radius 2 is 2.00 bits per heavy atom. The molecule has 0 N–H and O–H groups in total. The summed E-state index contributed by atoms with van der Waals surface area (Å²) in [6.07, 6.45) is -1.80. The molecular formula is C21H24F3N3O3S. The lowest BCUT2D eigenvalue weighted by Crippen LogP contribution is -2.41. The van der Waals surface area contributed by atoms with E-state index < -0.39 is 45.4 Å². The molecule has 0 bridgehead atoms. The Morgan fingerprint density at radius 1 is 1.35 bits per heavy atom. The van der Waals surface area contributed by atoms with Crippen molar-refractivity contribution in [3.8, 4) is 0 Å². The summed E-state index contributed by atoms with van der Waals surface area (Å²) >= 11 is 0. The van der Waals surface area contributed by atoms with Crippen LogP contribution in [0.3, 0.4) is 0 Å². The predicted octanol–water partition coefficient (Wildman–Crippen LogP) is 4.00. The summed E-state index contributed by atoms with van der Waals surface area (Å²) in [5, 5.41) is 3.46. The molecule has 2 aromatic rings. The highest BCUT2D eigenvalue weighted by atomic mass is 32.2. The van der Waals surface area contributed by atoms with Gasteiger partial charge in [-0.25, -0.2) is 21.9 Å². The van der Waals surface area contributed by atoms with Crippen LogP contribution in [0.2, 0.25) is 0 Å². The van der Waals surface area contributed by atoms with Crippen molar-refractivity contribution in [3.63, 3.8) is 0 Å². The van der Waals surface area contributed by atoms with Crippen LogP contribution < -0.4 is 0 Å². The third-order valence-corrected chi connectivity index (χ3v) is 7.20. The number of hydrogen-bond donors (Lipinski definition) is 0. The maximum absolute atomic E-state index is 14.5. The molecule has 0 spiro atoms. The van der Waals surface area contributed by atoms with E-state index in [4.69, 9.17) is 0 Å². The number of benzene rings is 1. The normalized spacial score (nSPS) is 15.2. The van der Waals surface area contributed by atoms with Crippen LogP contribution in [0.4, 0.5) is 13.2 Å². The van der Waals surface area contributed by atoms with Gasteiger partial charge in [-0.05, 0) is 43.0 Å². The first-order valence-corrected chi connectivity index (χ1v) is 11.5. The Balaban J connectivity index is 1.98. The quantitative estimate of drug-likeness (QED) is 0.603. The van der Waals surface area contributed by atoms with Gasteiger partial charge >= 0.3 is 0 Å². The average Bonchev–Trinajstić information content (AvgIpc) is 3.52. The van der Waals surface area contributed by atoms with Crippen LogP contribution in [0.15, 0.2) is 35.7 Å². The summed E-state index contributed by atoms with van der Waals surface area (Å²) < 4.78 is 66.3. The van der Waals surface area contributed by atoms with E-state index in [9.17, 15) is 26.4 Å². The van der Waals surface area contributed by atoms with Crippen LogP contribution in [0, 0.1) is 5.95 Å². The van der Waals surface area contributed by atoms with Crippen LogP contribution in [-0.4, -0.2) is 46.8 Å². The number of carbonyl (C=O) groups excluding carboxylic acids is 1. The van der Waals surface area contributed by atoms with Gasteiger partial charge in [0, 0.05) is 13.1 Å². The van der Waals surface area contributed by atoms with Crippen molar-refractivity contribution in [2.75, 3.05) is 5.75 Å². The molecule has 1 aromatic heterocycles. The molecule has 31 heavy (non-hydrogen) atoms. The van der Waals surface area contributed by atoms with E-state index in [2.05, 4.69) is 11.7 Å². The molecule has 1 amide bonds. The molecule has 1 unspecified atom stereocenters. The smallest absolute Gasteiger partial charge is 0.283 e. The number of sulfone groups is 1. The minimum atomic E-state index is -3.45. The van der Waals surface area contributed by atoms with Crippen LogP contribution in [0.1, 0.15) is 54.7 Å². The molecule has 0 saturated heterocycles. The van der Waals surface area contributed by atoms with Gasteiger partial charge in [0.15, 0.2) is 9.84 Å². The van der Waals surface area contributed by atoms with Crippen LogP contribution in [0.5, 0.6) is 0 Å². The zero-order valence-electron chi connectivity index (χ0n) is 17.5. The van der Waals surface area contributed by atoms with Crippen molar-refractivity contribution in [3.05, 3.63) is 53.6 Å². The van der Waals surface area contributed by atoms with Gasteiger partial charge in [0.25, 0.3) is 12.3 Å². The van der Waals surface area contributed by atoms with E-state index in [0.29, 0.717) is 28.7 Å². The van der Waals surface area contributed by atoms with E-state index in [-0.39, 0.29) is 16.7 Å². The van der Waals surface area contributed by atoms with Crippen molar-refractivity contribution < 1.29 is 26.4 Å². The topological polar surface area (TPSA) is 72.3 Å². The molecule has 10 heteroatoms. The summed E-state index contributed by atoms with van der Waals surface area (Å²) in [7, 11) is -2.29. The van der Waals surface area contributed by atoms with Crippen molar-refractivity contribution in [1.29, 1.82) is 0 Å². The highest BCUT2D eigenvalue weighted by molar-refractivity contribution is 7.91. The van der Waals surface area contributed by atoms with Crippen LogP contribution in [-0.2, 0) is 16.9 Å². The maximum atomic E-state index is 14.5. The second-order valence-electron chi connectivity index (χ2n) is 7.55. The fourth-order valence-electron chi connectivity index (χ4n) is 3.48. The second-order valence-corrected chi connectivity index (χ2v) is 9.83. The highest BCUT2D eigenvalue weighted by Crippen LogP contribution is 2.36. The van der Waals surface area contributed by atoms with E-state index in [1.807, 2.05) is 0 Å². The zero-order valence-corrected chi connectivity index (χ0v) is 18.3. The Labute approximate surface area is 179 Å². The number of rotatable bonds is 8. The Hall–Kier alpha value is -2.62. The minimum absolute atomic E-state index is 0.0676. The van der Waals surface area contributed by atoms with Gasteiger partial charge in [-0.1, -0.05) is 25.6 Å². The standard InChI is InChI=1S/C21H24F3N3O3S/c1-5-31(29,30)16-8-6-7-14(11-16)12(2)13(3)27(15-9-10-15)21(28)17-18(19(22)23)25-26(4)20(17)24/h6-8,11,13,15,19H,2,5,9-10H2,1,3-4H3. The van der Waals surface area contributed by atoms with Crippen molar-refractivity contribution in [2.24, 2.45) is 7.05 Å². The molecule has 1 aromatic carbocycles. The van der Waals surface area contributed by atoms with E-state index in [1.165, 1.54) is 24.0 Å². The van der Waals surface area contributed by atoms with Gasteiger partial charge in [-0.3, -0.25) is 4.79 Å². The molecule has 6 nitrogen and oxygen atoms in total. The van der Waals surface area contributed by atoms with Gasteiger partial charge in [0.1, 0.15) is 11.3 Å². The third-order valence-electron chi connectivity index (χ3n) is 5.47. The molecule has 1 atom stereocenters. The van der Waals surface area contributed by atoms with E-state index in [1.54, 1.807) is 19.1 Å². The van der Waals surface area contributed by atoms with Gasteiger partial charge in [-0.2, -0.15) is 9.49 Å². The molecule has 0 radical (unpaired) electrons. The fraction of sp³-hybridized carbons (Fsp3) is 0.429. The minimum Gasteiger partial charge on any atom is -0.329 e. The zero-order chi connectivity index (χ0) is 23.1. The first kappa shape index (κ1) is 23.1. The Kier molecular flexibility index (Phi) is 6.31. The molecule has 1 saturated carbocycles. The van der Waals surface area contributed by atoms with Crippen molar-refractivity contribution >= 4 is 21.3 Å². The van der Waals surface area contributed by atoms with Gasteiger partial charge < -0.3 is 4.90 Å². The van der Waals surface area contributed by atoms with Gasteiger partial charge in [0.2, 0.25) is 5.95 Å². The monoisotopic (exact) mass is 455 g/mol. The SMILES string of the molecule is C=C(c1cccc(S(=O)(=O)CC)c1)C(C)N(C(=O)c1c(C(F)F)nn(C)c1F)C1CC1. The summed E-state index contributed by atoms with van der Waals surface area (Å²) in [6, 6.07) is 5.27. The third kappa shape index (κ3) is 4.39. The molecule has 1 fully saturated rings. The van der Waals surface area contributed by atoms with E-state index in [0.717, 1.165) is 7.05 Å². The lowest BCUT2D eigenvalue weighted by molar-refractivity contribution is 0.0698. The average molecular weight is 456 g/mol. The lowest BCUT2D eigenvalue weighted by Gasteiger charge is -2.31. The number of aromatic nitrogens is 2. The molecule has 168 valence electrons. The maximum Gasteiger partial charge on any atom is 0.283 e. The predicted molar refractivity (Wildman–Crippen MR) is 110 cm³/mol. The molecule has 3 rings (SSSR count). The van der Waals surface area contributed by atoms with Gasteiger partial charge in [-0.15, -0.1) is 0 Å². The van der Waals surface area contributed by atoms with Crippen molar-refractivity contribution in [1.82, 2.24) is 14.7 Å². The van der Waals surface area contributed by atoms with Gasteiger partial charge in [0.05, 0.1) is 16.7 Å². The van der Waals surface area contributed by atoms with Crippen LogP contribution >= 0.6 is 0 Å². The first-order chi connectivity index (χ1) is 14.5. The summed E-state index contributed by atoms with van der Waals surface area (Å²) in [6.45, 7) is 7.21. The molecule has 1 aliphatic carbocycles. The Bertz CT molecular complexity index is 1120. The van der Waals surface area contributed by atoms with E-state index >= 15 is 0 Å². The summed E-state index contributed by atoms with van der Waals surface area (Å²) in [4.78, 5) is 14.7. The number of halogens is 3. The largest absolute Gasteiger partial charge is 0.329 e. The summed E-state index contributed by atoms with van der Waals surface area (Å²) in [5.41, 5.74) is -0.714. The number of alkyl halides is 2. The number of nitrogens with zero attached hydrogens (tertiary/aromatic N) is 3. The number of carbonyl (C=O) groups is 1. The highest BCUT2D eigenvalue weighted by Gasteiger charge is 2.41. The number of aryl methyl sites for hydroxylation is 1. The molecular weight excluding hydrogens is 431 g/mol. The summed E-state index contributed by atoms with van der Waals surface area (Å²) in [5.74, 6) is -2.07. The molecule has 1 heterocycles. The number of hydrogen-bond acceptors (Lipinski definition) is 4. The fourth-order valence-corrected chi connectivity index (χ4v) is 4.40. The lowest BCUT2D eigenvalue weighted by atomic mass is 9.99. The second kappa shape index (κ2) is 8.49. The van der Waals surface area contributed by atoms with Crippen molar-refractivity contribution in [2.45, 2.75) is 50.1 Å².